The van der Waals surface area contributed by atoms with Gasteiger partial charge in [0.2, 0.25) is 0 Å². The van der Waals surface area contributed by atoms with Gasteiger partial charge in [-0.3, -0.25) is 9.69 Å². The van der Waals surface area contributed by atoms with Gasteiger partial charge >= 0.3 is 5.97 Å². The van der Waals surface area contributed by atoms with Gasteiger partial charge in [0.05, 0.1) is 12.1 Å². The van der Waals surface area contributed by atoms with E-state index < -0.39 is 5.97 Å². The first kappa shape index (κ1) is 16.1. The van der Waals surface area contributed by atoms with E-state index in [4.69, 9.17) is 4.74 Å². The highest BCUT2D eigenvalue weighted by Crippen LogP contribution is 2.39. The maximum absolute atomic E-state index is 11.2. The lowest BCUT2D eigenvalue weighted by molar-refractivity contribution is -0.144. The lowest BCUT2D eigenvalue weighted by Gasteiger charge is -2.47. The molecule has 1 N–H and O–H groups in total. The molecule has 0 aromatic carbocycles. The predicted molar refractivity (Wildman–Crippen MR) is 82.4 cm³/mol. The number of aliphatic carboxylic acids is 1. The Hall–Kier alpha value is -0.260. The van der Waals surface area contributed by atoms with Crippen LogP contribution in [0.25, 0.3) is 0 Å². The van der Waals surface area contributed by atoms with Crippen LogP contribution >= 0.6 is 11.8 Å². The highest BCUT2D eigenvalue weighted by Gasteiger charge is 2.41. The van der Waals surface area contributed by atoms with Gasteiger partial charge in [0.25, 0.3) is 0 Å². The van der Waals surface area contributed by atoms with E-state index in [-0.39, 0.29) is 12.1 Å². The van der Waals surface area contributed by atoms with E-state index in [1.807, 2.05) is 11.8 Å². The maximum Gasteiger partial charge on any atom is 0.317 e. The average molecular weight is 301 g/mol. The van der Waals surface area contributed by atoms with Crippen molar-refractivity contribution in [2.45, 2.75) is 63.6 Å². The van der Waals surface area contributed by atoms with Crippen molar-refractivity contribution in [2.24, 2.45) is 0 Å². The third kappa shape index (κ3) is 3.89. The second-order valence-electron chi connectivity index (χ2n) is 6.11. The molecule has 2 saturated heterocycles. The van der Waals surface area contributed by atoms with Crippen LogP contribution in [0.1, 0.15) is 46.0 Å². The molecule has 2 fully saturated rings. The van der Waals surface area contributed by atoms with Crippen LogP contribution in [0.5, 0.6) is 0 Å². The van der Waals surface area contributed by atoms with Crippen LogP contribution in [0.2, 0.25) is 0 Å². The molecule has 2 heterocycles. The highest BCUT2D eigenvalue weighted by molar-refractivity contribution is 7.99. The van der Waals surface area contributed by atoms with E-state index in [9.17, 15) is 9.90 Å². The monoisotopic (exact) mass is 301 g/mol. The SMILES string of the molecule is CCC(C)N(CC(=O)O)C1CCOC2(CCSCC2)C1. The van der Waals surface area contributed by atoms with Crippen LogP contribution in [0.4, 0.5) is 0 Å². The van der Waals surface area contributed by atoms with Gasteiger partial charge in [0.1, 0.15) is 0 Å². The number of carboxylic acids is 1. The molecule has 0 radical (unpaired) electrons. The van der Waals surface area contributed by atoms with Gasteiger partial charge in [-0.1, -0.05) is 6.92 Å². The second-order valence-corrected chi connectivity index (χ2v) is 7.34. The lowest BCUT2D eigenvalue weighted by Crippen LogP contribution is -2.53. The summed E-state index contributed by atoms with van der Waals surface area (Å²) in [5.41, 5.74) is 0.0262. The zero-order valence-corrected chi connectivity index (χ0v) is 13.5. The van der Waals surface area contributed by atoms with Gasteiger partial charge in [-0.2, -0.15) is 11.8 Å². The van der Waals surface area contributed by atoms with Crippen LogP contribution in [-0.2, 0) is 9.53 Å². The smallest absolute Gasteiger partial charge is 0.317 e. The number of carboxylic acid groups (broad SMARTS) is 1. The summed E-state index contributed by atoms with van der Waals surface area (Å²) < 4.78 is 6.12. The minimum absolute atomic E-state index is 0.0262. The summed E-state index contributed by atoms with van der Waals surface area (Å²) in [7, 11) is 0. The van der Waals surface area contributed by atoms with Gasteiger partial charge in [0, 0.05) is 18.7 Å². The molecule has 0 aliphatic carbocycles. The summed E-state index contributed by atoms with van der Waals surface area (Å²) in [4.78, 5) is 13.4. The van der Waals surface area contributed by atoms with Crippen molar-refractivity contribution in [2.75, 3.05) is 24.7 Å². The van der Waals surface area contributed by atoms with Crippen molar-refractivity contribution in [1.82, 2.24) is 4.90 Å². The molecule has 20 heavy (non-hydrogen) atoms. The maximum atomic E-state index is 11.2. The number of ether oxygens (including phenoxy) is 1. The predicted octanol–water partition coefficient (Wildman–Crippen LogP) is 2.62. The standard InChI is InChI=1S/C15H27NO3S/c1-3-12(2)16(11-14(17)18)13-4-7-19-15(10-13)5-8-20-9-6-15/h12-13H,3-11H2,1-2H3,(H,17,18). The number of carbonyl (C=O) groups is 1. The Labute approximate surface area is 126 Å². The first-order valence-electron chi connectivity index (χ1n) is 7.75. The third-order valence-electron chi connectivity index (χ3n) is 4.81. The van der Waals surface area contributed by atoms with Crippen LogP contribution in [0.3, 0.4) is 0 Å². The molecule has 2 aliphatic heterocycles. The molecule has 2 atom stereocenters. The Morgan fingerprint density at radius 3 is 2.80 bits per heavy atom. The van der Waals surface area contributed by atoms with Crippen LogP contribution < -0.4 is 0 Å². The number of hydrogen-bond acceptors (Lipinski definition) is 4. The van der Waals surface area contributed by atoms with Crippen molar-refractivity contribution in [3.63, 3.8) is 0 Å². The van der Waals surface area contributed by atoms with Crippen molar-refractivity contribution < 1.29 is 14.6 Å². The third-order valence-corrected chi connectivity index (χ3v) is 5.80. The first-order chi connectivity index (χ1) is 9.56. The summed E-state index contributed by atoms with van der Waals surface area (Å²) in [5, 5.41) is 9.18. The Bertz CT molecular complexity index is 326. The van der Waals surface area contributed by atoms with Gasteiger partial charge in [-0.15, -0.1) is 0 Å². The van der Waals surface area contributed by atoms with Crippen LogP contribution in [0.15, 0.2) is 0 Å². The average Bonchev–Trinajstić information content (AvgIpc) is 2.44. The molecule has 1 spiro atoms. The van der Waals surface area contributed by atoms with Crippen molar-refractivity contribution >= 4 is 17.7 Å². The summed E-state index contributed by atoms with van der Waals surface area (Å²) in [5.74, 6) is 1.63. The van der Waals surface area contributed by atoms with E-state index in [0.717, 1.165) is 38.7 Å². The van der Waals surface area contributed by atoms with Crippen LogP contribution in [0, 0.1) is 0 Å². The zero-order valence-electron chi connectivity index (χ0n) is 12.6. The fourth-order valence-corrected chi connectivity index (χ4v) is 4.65. The summed E-state index contributed by atoms with van der Waals surface area (Å²) in [6.07, 6.45) is 5.20. The van der Waals surface area contributed by atoms with E-state index in [1.54, 1.807) is 0 Å². The van der Waals surface area contributed by atoms with E-state index >= 15 is 0 Å². The molecular formula is C15H27NO3S. The zero-order chi connectivity index (χ0) is 14.6. The largest absolute Gasteiger partial charge is 0.480 e. The van der Waals surface area contributed by atoms with Gasteiger partial charge < -0.3 is 9.84 Å². The molecule has 0 saturated carbocycles. The fraction of sp³-hybridized carbons (Fsp3) is 0.933. The Balaban J connectivity index is 2.05. The van der Waals surface area contributed by atoms with E-state index in [0.29, 0.717) is 12.1 Å². The minimum atomic E-state index is -0.718. The fourth-order valence-electron chi connectivity index (χ4n) is 3.41. The molecule has 2 unspecified atom stereocenters. The topological polar surface area (TPSA) is 49.8 Å². The number of thioether (sulfide) groups is 1. The summed E-state index contributed by atoms with van der Waals surface area (Å²) in [6, 6.07) is 0.683. The molecule has 0 bridgehead atoms. The number of rotatable bonds is 5. The normalized spacial score (nSPS) is 27.6. The second kappa shape index (κ2) is 7.14. The van der Waals surface area contributed by atoms with Gasteiger partial charge in [0.15, 0.2) is 0 Å². The summed E-state index contributed by atoms with van der Waals surface area (Å²) in [6.45, 7) is 5.21. The molecule has 0 aromatic heterocycles. The van der Waals surface area contributed by atoms with E-state index in [2.05, 4.69) is 18.7 Å². The molecule has 0 aromatic rings. The number of hydrogen-bond donors (Lipinski definition) is 1. The molecular weight excluding hydrogens is 274 g/mol. The molecule has 0 amide bonds. The van der Waals surface area contributed by atoms with E-state index in [1.165, 1.54) is 11.5 Å². The van der Waals surface area contributed by atoms with Gasteiger partial charge in [-0.05, 0) is 50.5 Å². The molecule has 116 valence electrons. The lowest BCUT2D eigenvalue weighted by atomic mass is 9.84. The van der Waals surface area contributed by atoms with Gasteiger partial charge in [-0.25, -0.2) is 0 Å². The van der Waals surface area contributed by atoms with Crippen molar-refractivity contribution in [3.05, 3.63) is 0 Å². The first-order valence-corrected chi connectivity index (χ1v) is 8.91. The summed E-state index contributed by atoms with van der Waals surface area (Å²) >= 11 is 2.01. The van der Waals surface area contributed by atoms with Crippen LogP contribution in [-0.4, -0.2) is 58.3 Å². The minimum Gasteiger partial charge on any atom is -0.480 e. The Morgan fingerprint density at radius 1 is 1.50 bits per heavy atom. The quantitative estimate of drug-likeness (QED) is 0.846. The molecule has 5 heteroatoms. The van der Waals surface area contributed by atoms with Crippen molar-refractivity contribution in [3.8, 4) is 0 Å². The van der Waals surface area contributed by atoms with Crippen molar-refractivity contribution in [1.29, 1.82) is 0 Å². The molecule has 2 aliphatic rings. The Morgan fingerprint density at radius 2 is 2.20 bits per heavy atom. The Kier molecular flexibility index (Phi) is 5.75. The molecule has 4 nitrogen and oxygen atoms in total. The highest BCUT2D eigenvalue weighted by atomic mass is 32.2. The molecule has 2 rings (SSSR count). The number of nitrogens with zero attached hydrogens (tertiary/aromatic N) is 1.